The number of aromatic nitrogens is 2. The predicted molar refractivity (Wildman–Crippen MR) is 70.0 cm³/mol. The van der Waals surface area contributed by atoms with E-state index in [1.165, 1.54) is 11.3 Å². The minimum absolute atomic E-state index is 0.0837. The monoisotopic (exact) mass is 274 g/mol. The predicted octanol–water partition coefficient (Wildman–Crippen LogP) is 2.95. The van der Waals surface area contributed by atoms with Crippen molar-refractivity contribution in [1.29, 1.82) is 0 Å². The second-order valence-electron chi connectivity index (χ2n) is 4.05. The SMILES string of the molecule is Cc1cc(COC(=O)c2ccc3ncsc3c2)on1. The van der Waals surface area contributed by atoms with Gasteiger partial charge in [-0.25, -0.2) is 9.78 Å². The zero-order valence-corrected chi connectivity index (χ0v) is 10.9. The van der Waals surface area contributed by atoms with Gasteiger partial charge < -0.3 is 9.26 Å². The minimum atomic E-state index is -0.385. The maximum absolute atomic E-state index is 11.9. The summed E-state index contributed by atoms with van der Waals surface area (Å²) in [6.07, 6.45) is 0. The van der Waals surface area contributed by atoms with E-state index < -0.39 is 0 Å². The van der Waals surface area contributed by atoms with Gasteiger partial charge in [-0.3, -0.25) is 0 Å². The molecule has 3 rings (SSSR count). The molecule has 96 valence electrons. The molecule has 0 amide bonds. The normalized spacial score (nSPS) is 10.8. The molecule has 2 heterocycles. The van der Waals surface area contributed by atoms with Crippen molar-refractivity contribution in [2.75, 3.05) is 0 Å². The lowest BCUT2D eigenvalue weighted by molar-refractivity contribution is 0.0437. The van der Waals surface area contributed by atoms with Gasteiger partial charge in [0.15, 0.2) is 12.4 Å². The van der Waals surface area contributed by atoms with Crippen molar-refractivity contribution in [1.82, 2.24) is 10.1 Å². The number of nitrogens with zero attached hydrogens (tertiary/aromatic N) is 2. The topological polar surface area (TPSA) is 65.2 Å². The van der Waals surface area contributed by atoms with Crippen LogP contribution in [0.15, 0.2) is 34.3 Å². The van der Waals surface area contributed by atoms with Crippen LogP contribution in [0.5, 0.6) is 0 Å². The highest BCUT2D eigenvalue weighted by Crippen LogP contribution is 2.19. The summed E-state index contributed by atoms with van der Waals surface area (Å²) in [5.41, 5.74) is 3.90. The Balaban J connectivity index is 1.72. The summed E-state index contributed by atoms with van der Waals surface area (Å²) >= 11 is 1.49. The van der Waals surface area contributed by atoms with Gasteiger partial charge in [-0.1, -0.05) is 5.16 Å². The second-order valence-corrected chi connectivity index (χ2v) is 4.93. The van der Waals surface area contributed by atoms with Gasteiger partial charge in [-0.15, -0.1) is 11.3 Å². The number of aryl methyl sites for hydroxylation is 1. The quantitative estimate of drug-likeness (QED) is 0.687. The molecule has 0 aliphatic heterocycles. The molecule has 3 aromatic rings. The number of fused-ring (bicyclic) bond motifs is 1. The fourth-order valence-corrected chi connectivity index (χ4v) is 2.40. The average molecular weight is 274 g/mol. The van der Waals surface area contributed by atoms with Crippen LogP contribution in [0.4, 0.5) is 0 Å². The van der Waals surface area contributed by atoms with Gasteiger partial charge in [0, 0.05) is 6.07 Å². The fraction of sp³-hybridized carbons (Fsp3) is 0.154. The maximum Gasteiger partial charge on any atom is 0.338 e. The summed E-state index contributed by atoms with van der Waals surface area (Å²) in [6, 6.07) is 7.03. The zero-order valence-electron chi connectivity index (χ0n) is 10.1. The van der Waals surface area contributed by atoms with Crippen molar-refractivity contribution in [3.8, 4) is 0 Å². The van der Waals surface area contributed by atoms with Crippen molar-refractivity contribution in [2.24, 2.45) is 0 Å². The summed E-state index contributed by atoms with van der Waals surface area (Å²) in [7, 11) is 0. The summed E-state index contributed by atoms with van der Waals surface area (Å²) in [6.45, 7) is 1.90. The Bertz CT molecular complexity index is 732. The van der Waals surface area contributed by atoms with Gasteiger partial charge in [-0.2, -0.15) is 0 Å². The van der Waals surface area contributed by atoms with Crippen molar-refractivity contribution < 1.29 is 14.1 Å². The summed E-state index contributed by atoms with van der Waals surface area (Å²) in [5, 5.41) is 3.73. The summed E-state index contributed by atoms with van der Waals surface area (Å²) < 4.78 is 11.1. The standard InChI is InChI=1S/C13H10N2O3S/c1-8-4-10(18-15-8)6-17-13(16)9-2-3-11-12(5-9)19-7-14-11/h2-5,7H,6H2,1H3. The Morgan fingerprint density at radius 2 is 2.32 bits per heavy atom. The molecular formula is C13H10N2O3S. The number of hydrogen-bond donors (Lipinski definition) is 0. The van der Waals surface area contributed by atoms with E-state index in [9.17, 15) is 4.79 Å². The first kappa shape index (κ1) is 11.9. The number of hydrogen-bond acceptors (Lipinski definition) is 6. The van der Waals surface area contributed by atoms with E-state index in [0.717, 1.165) is 15.9 Å². The van der Waals surface area contributed by atoms with Gasteiger partial charge in [0.25, 0.3) is 0 Å². The Labute approximate surface area is 112 Å². The Morgan fingerprint density at radius 3 is 3.11 bits per heavy atom. The lowest BCUT2D eigenvalue weighted by atomic mass is 10.2. The smallest absolute Gasteiger partial charge is 0.338 e. The maximum atomic E-state index is 11.9. The largest absolute Gasteiger partial charge is 0.454 e. The van der Waals surface area contributed by atoms with Crippen LogP contribution in [0.2, 0.25) is 0 Å². The molecule has 6 heteroatoms. The van der Waals surface area contributed by atoms with Crippen LogP contribution in [0.25, 0.3) is 10.2 Å². The molecule has 1 aromatic carbocycles. The van der Waals surface area contributed by atoms with E-state index in [1.54, 1.807) is 29.8 Å². The third-order valence-electron chi connectivity index (χ3n) is 2.59. The molecular weight excluding hydrogens is 264 g/mol. The van der Waals surface area contributed by atoms with Crippen LogP contribution in [0.1, 0.15) is 21.8 Å². The van der Waals surface area contributed by atoms with Gasteiger partial charge in [0.1, 0.15) is 0 Å². The molecule has 0 saturated heterocycles. The molecule has 0 unspecified atom stereocenters. The van der Waals surface area contributed by atoms with E-state index in [0.29, 0.717) is 11.3 Å². The highest BCUT2D eigenvalue weighted by atomic mass is 32.1. The molecule has 5 nitrogen and oxygen atoms in total. The Kier molecular flexibility index (Phi) is 3.00. The lowest BCUT2D eigenvalue weighted by Crippen LogP contribution is -2.04. The highest BCUT2D eigenvalue weighted by molar-refractivity contribution is 7.16. The molecule has 0 aliphatic carbocycles. The van der Waals surface area contributed by atoms with Crippen molar-refractivity contribution in [3.05, 3.63) is 46.8 Å². The molecule has 0 saturated carbocycles. The van der Waals surface area contributed by atoms with Gasteiger partial charge >= 0.3 is 5.97 Å². The number of thiazole rings is 1. The second kappa shape index (κ2) is 4.81. The Morgan fingerprint density at radius 1 is 1.42 bits per heavy atom. The number of carbonyl (C=O) groups excluding carboxylic acids is 1. The third-order valence-corrected chi connectivity index (χ3v) is 3.38. The van der Waals surface area contributed by atoms with Crippen LogP contribution in [0.3, 0.4) is 0 Å². The molecule has 0 N–H and O–H groups in total. The van der Waals surface area contributed by atoms with Crippen LogP contribution >= 0.6 is 11.3 Å². The molecule has 19 heavy (non-hydrogen) atoms. The van der Waals surface area contributed by atoms with Crippen LogP contribution in [0, 0.1) is 6.92 Å². The van der Waals surface area contributed by atoms with E-state index >= 15 is 0 Å². The number of esters is 1. The molecule has 2 aromatic heterocycles. The molecule has 0 aliphatic rings. The van der Waals surface area contributed by atoms with Gasteiger partial charge in [0.2, 0.25) is 0 Å². The minimum Gasteiger partial charge on any atom is -0.454 e. The zero-order chi connectivity index (χ0) is 13.2. The van der Waals surface area contributed by atoms with Gasteiger partial charge in [-0.05, 0) is 25.1 Å². The van der Waals surface area contributed by atoms with Crippen LogP contribution < -0.4 is 0 Å². The first-order valence-electron chi connectivity index (χ1n) is 5.65. The van der Waals surface area contributed by atoms with Crippen molar-refractivity contribution >= 4 is 27.5 Å². The number of carbonyl (C=O) groups is 1. The lowest BCUT2D eigenvalue weighted by Gasteiger charge is -2.02. The van der Waals surface area contributed by atoms with Crippen LogP contribution in [-0.2, 0) is 11.3 Å². The molecule has 0 fully saturated rings. The number of rotatable bonds is 3. The van der Waals surface area contributed by atoms with Crippen LogP contribution in [-0.4, -0.2) is 16.1 Å². The van der Waals surface area contributed by atoms with Crippen molar-refractivity contribution in [3.63, 3.8) is 0 Å². The third kappa shape index (κ3) is 2.48. The fourth-order valence-electron chi connectivity index (χ4n) is 1.69. The summed E-state index contributed by atoms with van der Waals surface area (Å²) in [5.74, 6) is 0.147. The first-order valence-corrected chi connectivity index (χ1v) is 6.53. The Hall–Kier alpha value is -2.21. The van der Waals surface area contributed by atoms with E-state index in [1.807, 2.05) is 6.92 Å². The van der Waals surface area contributed by atoms with E-state index in [2.05, 4.69) is 10.1 Å². The molecule has 0 bridgehead atoms. The van der Waals surface area contributed by atoms with E-state index in [-0.39, 0.29) is 12.6 Å². The van der Waals surface area contributed by atoms with Gasteiger partial charge in [0.05, 0.1) is 27.0 Å². The first-order chi connectivity index (χ1) is 9.22. The van der Waals surface area contributed by atoms with E-state index in [4.69, 9.17) is 9.26 Å². The summed E-state index contributed by atoms with van der Waals surface area (Å²) in [4.78, 5) is 16.0. The van der Waals surface area contributed by atoms with Crippen molar-refractivity contribution in [2.45, 2.75) is 13.5 Å². The molecule has 0 atom stereocenters. The average Bonchev–Trinajstić information content (AvgIpc) is 3.03. The molecule has 0 spiro atoms. The molecule has 0 radical (unpaired) electrons. The highest BCUT2D eigenvalue weighted by Gasteiger charge is 2.10. The number of benzene rings is 1. The number of ether oxygens (including phenoxy) is 1.